The van der Waals surface area contributed by atoms with Crippen molar-refractivity contribution in [2.45, 2.75) is 18.8 Å². The van der Waals surface area contributed by atoms with Gasteiger partial charge in [0.1, 0.15) is 0 Å². The maximum Gasteiger partial charge on any atom is 0.203 e. The van der Waals surface area contributed by atoms with Gasteiger partial charge < -0.3 is 19.9 Å². The summed E-state index contributed by atoms with van der Waals surface area (Å²) in [5.41, 5.74) is 8.43. The molecular weight excluding hydrogens is 290 g/mol. The molecule has 0 spiro atoms. The Morgan fingerprint density at radius 2 is 1.43 bits per heavy atom. The maximum absolute atomic E-state index is 6.08. The van der Waals surface area contributed by atoms with Crippen molar-refractivity contribution in [2.75, 3.05) is 27.9 Å². The zero-order valence-electron chi connectivity index (χ0n) is 14.2. The molecule has 4 nitrogen and oxygen atoms in total. The Morgan fingerprint density at radius 1 is 0.870 bits per heavy atom. The second-order valence-corrected chi connectivity index (χ2v) is 5.50. The Labute approximate surface area is 138 Å². The number of hydrogen-bond donors (Lipinski definition) is 1. The third-order valence-corrected chi connectivity index (χ3v) is 4.30. The smallest absolute Gasteiger partial charge is 0.203 e. The molecule has 0 heterocycles. The minimum absolute atomic E-state index is 0.158. The third kappa shape index (κ3) is 3.59. The predicted octanol–water partition coefficient (Wildman–Crippen LogP) is 3.56. The fraction of sp³-hybridized carbons (Fsp3) is 0.368. The van der Waals surface area contributed by atoms with Gasteiger partial charge in [0.25, 0.3) is 0 Å². The van der Waals surface area contributed by atoms with Crippen LogP contribution < -0.4 is 19.9 Å². The first-order chi connectivity index (χ1) is 11.2. The fourth-order valence-corrected chi connectivity index (χ4v) is 2.93. The summed E-state index contributed by atoms with van der Waals surface area (Å²) in [7, 11) is 4.85. The SMILES string of the molecule is COc1cc(C(CN)C(C)c2ccccc2)cc(OC)c1OC. The van der Waals surface area contributed by atoms with Crippen molar-refractivity contribution < 1.29 is 14.2 Å². The lowest BCUT2D eigenvalue weighted by atomic mass is 9.82. The largest absolute Gasteiger partial charge is 0.493 e. The Bertz CT molecular complexity index is 603. The second-order valence-electron chi connectivity index (χ2n) is 5.50. The number of nitrogens with two attached hydrogens (primary N) is 1. The summed E-state index contributed by atoms with van der Waals surface area (Å²) in [6.45, 7) is 2.73. The first-order valence-corrected chi connectivity index (χ1v) is 7.71. The minimum atomic E-state index is 0.158. The predicted molar refractivity (Wildman–Crippen MR) is 92.8 cm³/mol. The average Bonchev–Trinajstić information content (AvgIpc) is 2.61. The molecule has 0 fully saturated rings. The van der Waals surface area contributed by atoms with E-state index in [1.54, 1.807) is 21.3 Å². The molecule has 0 aliphatic heterocycles. The minimum Gasteiger partial charge on any atom is -0.493 e. The van der Waals surface area contributed by atoms with E-state index >= 15 is 0 Å². The van der Waals surface area contributed by atoms with Crippen molar-refractivity contribution in [3.05, 3.63) is 53.6 Å². The van der Waals surface area contributed by atoms with Gasteiger partial charge in [0.2, 0.25) is 5.75 Å². The molecule has 0 saturated heterocycles. The van der Waals surface area contributed by atoms with Crippen LogP contribution in [0.4, 0.5) is 0 Å². The summed E-state index contributed by atoms with van der Waals surface area (Å²) in [6.07, 6.45) is 0. The lowest BCUT2D eigenvalue weighted by molar-refractivity contribution is 0.323. The van der Waals surface area contributed by atoms with Gasteiger partial charge in [-0.25, -0.2) is 0 Å². The molecule has 2 aromatic carbocycles. The van der Waals surface area contributed by atoms with E-state index < -0.39 is 0 Å². The van der Waals surface area contributed by atoms with Gasteiger partial charge in [-0.05, 0) is 35.7 Å². The van der Waals surface area contributed by atoms with E-state index in [0.29, 0.717) is 23.8 Å². The van der Waals surface area contributed by atoms with Crippen LogP contribution in [0.2, 0.25) is 0 Å². The average molecular weight is 315 g/mol. The standard InChI is InChI=1S/C19H25NO3/c1-13(14-8-6-5-7-9-14)16(12-20)15-10-17(21-2)19(23-4)18(11-15)22-3/h5-11,13,16H,12,20H2,1-4H3. The highest BCUT2D eigenvalue weighted by atomic mass is 16.5. The molecule has 2 atom stereocenters. The first-order valence-electron chi connectivity index (χ1n) is 7.71. The molecule has 0 saturated carbocycles. The van der Waals surface area contributed by atoms with Crippen molar-refractivity contribution in [3.8, 4) is 17.2 Å². The van der Waals surface area contributed by atoms with E-state index in [2.05, 4.69) is 31.2 Å². The molecular formula is C19H25NO3. The van der Waals surface area contributed by atoms with Crippen molar-refractivity contribution in [2.24, 2.45) is 5.73 Å². The first kappa shape index (κ1) is 17.2. The van der Waals surface area contributed by atoms with Crippen LogP contribution in [0.1, 0.15) is 29.9 Å². The van der Waals surface area contributed by atoms with Crippen LogP contribution in [-0.2, 0) is 0 Å². The molecule has 0 aliphatic carbocycles. The lowest BCUT2D eigenvalue weighted by Crippen LogP contribution is -2.19. The Balaban J connectivity index is 2.45. The number of hydrogen-bond acceptors (Lipinski definition) is 4. The monoisotopic (exact) mass is 315 g/mol. The molecule has 0 amide bonds. The fourth-order valence-electron chi connectivity index (χ4n) is 2.93. The second kappa shape index (κ2) is 7.88. The van der Waals surface area contributed by atoms with Crippen LogP contribution in [0, 0.1) is 0 Å². The van der Waals surface area contributed by atoms with E-state index in [1.807, 2.05) is 18.2 Å². The highest BCUT2D eigenvalue weighted by Crippen LogP contribution is 2.42. The molecule has 2 N–H and O–H groups in total. The van der Waals surface area contributed by atoms with E-state index in [1.165, 1.54) is 5.56 Å². The Kier molecular flexibility index (Phi) is 5.88. The van der Waals surface area contributed by atoms with Crippen LogP contribution in [0.15, 0.2) is 42.5 Å². The van der Waals surface area contributed by atoms with E-state index in [4.69, 9.17) is 19.9 Å². The molecule has 0 aromatic heterocycles. The highest BCUT2D eigenvalue weighted by molar-refractivity contribution is 5.55. The lowest BCUT2D eigenvalue weighted by Gasteiger charge is -2.25. The molecule has 0 bridgehead atoms. The summed E-state index contributed by atoms with van der Waals surface area (Å²) in [6, 6.07) is 14.4. The van der Waals surface area contributed by atoms with Crippen molar-refractivity contribution in [1.29, 1.82) is 0 Å². The summed E-state index contributed by atoms with van der Waals surface area (Å²) in [4.78, 5) is 0. The number of rotatable bonds is 7. The van der Waals surface area contributed by atoms with E-state index in [9.17, 15) is 0 Å². The topological polar surface area (TPSA) is 53.7 Å². The van der Waals surface area contributed by atoms with Gasteiger partial charge >= 0.3 is 0 Å². The van der Waals surface area contributed by atoms with Gasteiger partial charge in [-0.1, -0.05) is 37.3 Å². The van der Waals surface area contributed by atoms with Gasteiger partial charge in [-0.15, -0.1) is 0 Å². The summed E-state index contributed by atoms with van der Waals surface area (Å²) < 4.78 is 16.3. The molecule has 0 radical (unpaired) electrons. The van der Waals surface area contributed by atoms with E-state index in [-0.39, 0.29) is 11.8 Å². The summed E-state index contributed by atoms with van der Waals surface area (Å²) >= 11 is 0. The van der Waals surface area contributed by atoms with Gasteiger partial charge in [0, 0.05) is 5.92 Å². The number of ether oxygens (including phenoxy) is 3. The van der Waals surface area contributed by atoms with Gasteiger partial charge in [-0.3, -0.25) is 0 Å². The van der Waals surface area contributed by atoms with Crippen LogP contribution in [0.5, 0.6) is 17.2 Å². The molecule has 124 valence electrons. The zero-order chi connectivity index (χ0) is 16.8. The zero-order valence-corrected chi connectivity index (χ0v) is 14.2. The Morgan fingerprint density at radius 3 is 1.87 bits per heavy atom. The number of methoxy groups -OCH3 is 3. The number of benzene rings is 2. The van der Waals surface area contributed by atoms with Crippen molar-refractivity contribution in [3.63, 3.8) is 0 Å². The maximum atomic E-state index is 6.08. The summed E-state index contributed by atoms with van der Waals surface area (Å²) in [5.74, 6) is 2.35. The van der Waals surface area contributed by atoms with Gasteiger partial charge in [0.15, 0.2) is 11.5 Å². The molecule has 2 unspecified atom stereocenters. The van der Waals surface area contributed by atoms with Crippen molar-refractivity contribution >= 4 is 0 Å². The quantitative estimate of drug-likeness (QED) is 0.849. The van der Waals surface area contributed by atoms with Crippen molar-refractivity contribution in [1.82, 2.24) is 0 Å². The van der Waals surface area contributed by atoms with Crippen LogP contribution in [0.3, 0.4) is 0 Å². The molecule has 4 heteroatoms. The van der Waals surface area contributed by atoms with Crippen LogP contribution >= 0.6 is 0 Å². The molecule has 2 rings (SSSR count). The molecule has 2 aromatic rings. The van der Waals surface area contributed by atoms with E-state index in [0.717, 1.165) is 5.56 Å². The van der Waals surface area contributed by atoms with Crippen LogP contribution in [-0.4, -0.2) is 27.9 Å². The normalized spacial score (nSPS) is 13.3. The Hall–Kier alpha value is -2.20. The van der Waals surface area contributed by atoms with Crippen LogP contribution in [0.25, 0.3) is 0 Å². The molecule has 23 heavy (non-hydrogen) atoms. The van der Waals surface area contributed by atoms with Gasteiger partial charge in [-0.2, -0.15) is 0 Å². The summed E-state index contributed by atoms with van der Waals surface area (Å²) in [5, 5.41) is 0. The third-order valence-electron chi connectivity index (χ3n) is 4.30. The molecule has 0 aliphatic rings. The van der Waals surface area contributed by atoms with Gasteiger partial charge in [0.05, 0.1) is 21.3 Å². The highest BCUT2D eigenvalue weighted by Gasteiger charge is 2.23.